The molecule has 0 heterocycles. The van der Waals surface area contributed by atoms with Gasteiger partial charge in [0, 0.05) is 0 Å². The van der Waals surface area contributed by atoms with E-state index in [0.29, 0.717) is 0 Å². The first-order valence-corrected chi connectivity index (χ1v) is 4.53. The van der Waals surface area contributed by atoms with E-state index >= 15 is 0 Å². The molecular weight excluding hydrogens is 155 g/mol. The van der Waals surface area contributed by atoms with Crippen molar-refractivity contribution in [3.63, 3.8) is 0 Å². The van der Waals surface area contributed by atoms with Gasteiger partial charge in [0.15, 0.2) is 7.28 Å². The molecular formula is C12H11B. The van der Waals surface area contributed by atoms with Gasteiger partial charge in [-0.15, -0.1) is 0 Å². The van der Waals surface area contributed by atoms with Crippen LogP contribution in [0.25, 0.3) is 0 Å². The summed E-state index contributed by atoms with van der Waals surface area (Å²) >= 11 is 0. The highest BCUT2D eigenvalue weighted by Crippen LogP contribution is 1.84. The van der Waals surface area contributed by atoms with Crippen molar-refractivity contribution in [1.82, 2.24) is 0 Å². The van der Waals surface area contributed by atoms with E-state index in [2.05, 4.69) is 60.7 Å². The molecule has 0 fully saturated rings. The third-order valence-electron chi connectivity index (χ3n) is 2.09. The summed E-state index contributed by atoms with van der Waals surface area (Å²) in [4.78, 5) is 0. The maximum atomic E-state index is 2.16. The van der Waals surface area contributed by atoms with Gasteiger partial charge in [-0.2, -0.15) is 0 Å². The Morgan fingerprint density at radius 3 is 1.31 bits per heavy atom. The smallest absolute Gasteiger partial charge is 0.0786 e. The van der Waals surface area contributed by atoms with Gasteiger partial charge in [-0.05, 0) is 0 Å². The van der Waals surface area contributed by atoms with Gasteiger partial charge < -0.3 is 0 Å². The third-order valence-corrected chi connectivity index (χ3v) is 2.09. The van der Waals surface area contributed by atoms with Gasteiger partial charge >= 0.3 is 0 Å². The van der Waals surface area contributed by atoms with Crippen LogP contribution in [0, 0.1) is 0 Å². The largest absolute Gasteiger partial charge is 0.192 e. The molecule has 1 heteroatoms. The molecule has 0 saturated heterocycles. The van der Waals surface area contributed by atoms with Crippen LogP contribution >= 0.6 is 0 Å². The lowest BCUT2D eigenvalue weighted by Gasteiger charge is -1.98. The molecule has 2 aromatic carbocycles. The number of rotatable bonds is 2. The number of hydrogen-bond donors (Lipinski definition) is 0. The van der Waals surface area contributed by atoms with Crippen LogP contribution in [-0.2, 0) is 0 Å². The molecule has 13 heavy (non-hydrogen) atoms. The van der Waals surface area contributed by atoms with Crippen LogP contribution in [0.4, 0.5) is 0 Å². The van der Waals surface area contributed by atoms with Crippen LogP contribution in [-0.4, -0.2) is 7.28 Å². The molecule has 0 aliphatic heterocycles. The van der Waals surface area contributed by atoms with E-state index in [9.17, 15) is 0 Å². The van der Waals surface area contributed by atoms with Crippen LogP contribution in [0.2, 0.25) is 0 Å². The fourth-order valence-electron chi connectivity index (χ4n) is 1.43. The second kappa shape index (κ2) is 3.95. The van der Waals surface area contributed by atoms with Gasteiger partial charge in [-0.3, -0.25) is 0 Å². The minimum absolute atomic E-state index is 1.03. The molecule has 2 rings (SSSR count). The number of benzene rings is 2. The molecule has 0 bridgehead atoms. The first-order chi connectivity index (χ1) is 6.45. The Labute approximate surface area is 79.5 Å². The normalized spacial score (nSPS) is 9.54. The average molecular weight is 166 g/mol. The van der Waals surface area contributed by atoms with E-state index in [1.54, 1.807) is 0 Å². The number of hydrogen-bond acceptors (Lipinski definition) is 0. The Kier molecular flexibility index (Phi) is 2.47. The van der Waals surface area contributed by atoms with Crippen molar-refractivity contribution in [1.29, 1.82) is 0 Å². The first kappa shape index (κ1) is 8.12. The molecule has 0 unspecified atom stereocenters. The van der Waals surface area contributed by atoms with Crippen molar-refractivity contribution in [2.45, 2.75) is 0 Å². The van der Waals surface area contributed by atoms with Gasteiger partial charge in [0.05, 0.1) is 0 Å². The lowest BCUT2D eigenvalue weighted by molar-refractivity contribution is 1.75. The highest BCUT2D eigenvalue weighted by atomic mass is 13.8. The molecule has 0 nitrogen and oxygen atoms in total. The minimum Gasteiger partial charge on any atom is -0.0786 e. The molecule has 0 atom stereocenters. The van der Waals surface area contributed by atoms with Gasteiger partial charge in [-0.25, -0.2) is 0 Å². The second-order valence-electron chi connectivity index (χ2n) is 3.15. The van der Waals surface area contributed by atoms with E-state index in [1.807, 2.05) is 0 Å². The zero-order valence-corrected chi connectivity index (χ0v) is 7.48. The summed E-state index contributed by atoms with van der Waals surface area (Å²) in [5.74, 6) is 0. The van der Waals surface area contributed by atoms with Crippen LogP contribution < -0.4 is 10.9 Å². The SMILES string of the molecule is B(c1ccccc1)c1ccccc1. The topological polar surface area (TPSA) is 0 Å². The lowest BCUT2D eigenvalue weighted by atomic mass is 9.64. The lowest BCUT2D eigenvalue weighted by Crippen LogP contribution is -2.26. The van der Waals surface area contributed by atoms with E-state index in [-0.39, 0.29) is 0 Å². The van der Waals surface area contributed by atoms with Gasteiger partial charge in [0.25, 0.3) is 0 Å². The molecule has 62 valence electrons. The average Bonchev–Trinajstić information content (AvgIpc) is 2.21. The fraction of sp³-hybridized carbons (Fsp3) is 0. The van der Waals surface area contributed by atoms with Crippen molar-refractivity contribution in [2.24, 2.45) is 0 Å². The Morgan fingerprint density at radius 2 is 0.923 bits per heavy atom. The van der Waals surface area contributed by atoms with Crippen LogP contribution in [0.1, 0.15) is 0 Å². The van der Waals surface area contributed by atoms with E-state index in [1.165, 1.54) is 10.9 Å². The first-order valence-electron chi connectivity index (χ1n) is 4.53. The predicted octanol–water partition coefficient (Wildman–Crippen LogP) is 1.07. The Hall–Kier alpha value is -1.50. The quantitative estimate of drug-likeness (QED) is 0.585. The summed E-state index contributed by atoms with van der Waals surface area (Å²) < 4.78 is 0. The Morgan fingerprint density at radius 1 is 0.538 bits per heavy atom. The molecule has 0 saturated carbocycles. The monoisotopic (exact) mass is 166 g/mol. The maximum Gasteiger partial charge on any atom is 0.192 e. The van der Waals surface area contributed by atoms with Crippen LogP contribution in [0.15, 0.2) is 60.7 Å². The molecule has 0 radical (unpaired) electrons. The Bertz CT molecular complexity index is 316. The van der Waals surface area contributed by atoms with Crippen LogP contribution in [0.3, 0.4) is 0 Å². The third kappa shape index (κ3) is 2.22. The Balaban J connectivity index is 2.16. The van der Waals surface area contributed by atoms with E-state index < -0.39 is 0 Å². The highest BCUT2D eigenvalue weighted by molar-refractivity contribution is 6.67. The highest BCUT2D eigenvalue weighted by Gasteiger charge is 1.95. The summed E-state index contributed by atoms with van der Waals surface area (Å²) in [6.07, 6.45) is 0. The molecule has 0 amide bonds. The molecule has 0 N–H and O–H groups in total. The second-order valence-corrected chi connectivity index (χ2v) is 3.15. The van der Waals surface area contributed by atoms with Gasteiger partial charge in [0.1, 0.15) is 0 Å². The summed E-state index contributed by atoms with van der Waals surface area (Å²) in [5.41, 5.74) is 2.74. The standard InChI is InChI=1S/C12H11B/c1-3-7-11(8-4-1)13-12-9-5-2-6-10-12/h1-10,13H. The van der Waals surface area contributed by atoms with Crippen molar-refractivity contribution in [2.75, 3.05) is 0 Å². The van der Waals surface area contributed by atoms with Crippen molar-refractivity contribution in [3.05, 3.63) is 60.7 Å². The fourth-order valence-corrected chi connectivity index (χ4v) is 1.43. The van der Waals surface area contributed by atoms with E-state index in [0.717, 1.165) is 7.28 Å². The zero-order valence-electron chi connectivity index (χ0n) is 7.48. The predicted molar refractivity (Wildman–Crippen MR) is 59.3 cm³/mol. The van der Waals surface area contributed by atoms with Gasteiger partial charge in [0.2, 0.25) is 0 Å². The molecule has 0 aliphatic rings. The molecule has 2 aromatic rings. The maximum absolute atomic E-state index is 2.16. The molecule has 0 aromatic heterocycles. The van der Waals surface area contributed by atoms with Crippen LogP contribution in [0.5, 0.6) is 0 Å². The molecule has 0 spiro atoms. The van der Waals surface area contributed by atoms with Crippen molar-refractivity contribution in [3.8, 4) is 0 Å². The van der Waals surface area contributed by atoms with E-state index in [4.69, 9.17) is 0 Å². The molecule has 0 aliphatic carbocycles. The summed E-state index contributed by atoms with van der Waals surface area (Å²) in [6, 6.07) is 21.1. The van der Waals surface area contributed by atoms with Gasteiger partial charge in [-0.1, -0.05) is 71.6 Å². The zero-order chi connectivity index (χ0) is 8.93. The van der Waals surface area contributed by atoms with Crippen molar-refractivity contribution >= 4 is 18.2 Å². The summed E-state index contributed by atoms with van der Waals surface area (Å²) in [7, 11) is 1.03. The minimum atomic E-state index is 1.03. The van der Waals surface area contributed by atoms with Crippen molar-refractivity contribution < 1.29 is 0 Å². The summed E-state index contributed by atoms with van der Waals surface area (Å²) in [5, 5.41) is 0. The summed E-state index contributed by atoms with van der Waals surface area (Å²) in [6.45, 7) is 0.